The molecular formula is C21H26N4O4S. The fourth-order valence-corrected chi connectivity index (χ4v) is 5.60. The minimum absolute atomic E-state index is 0.112. The summed E-state index contributed by atoms with van der Waals surface area (Å²) in [4.78, 5) is 21.2. The van der Waals surface area contributed by atoms with E-state index in [0.29, 0.717) is 36.9 Å². The molecule has 1 aromatic heterocycles. The van der Waals surface area contributed by atoms with Gasteiger partial charge >= 0.3 is 5.97 Å². The molecule has 0 saturated carbocycles. The number of rotatable bonds is 4. The van der Waals surface area contributed by atoms with E-state index < -0.39 is 16.0 Å². The third-order valence-corrected chi connectivity index (χ3v) is 7.77. The Morgan fingerprint density at radius 1 is 0.900 bits per heavy atom. The van der Waals surface area contributed by atoms with Crippen LogP contribution in [-0.4, -0.2) is 59.9 Å². The number of piperazine rings is 1. The molecule has 0 bridgehead atoms. The van der Waals surface area contributed by atoms with Gasteiger partial charge in [0.2, 0.25) is 10.0 Å². The van der Waals surface area contributed by atoms with Crippen LogP contribution in [0.5, 0.6) is 0 Å². The van der Waals surface area contributed by atoms with Gasteiger partial charge in [0.1, 0.15) is 5.82 Å². The van der Waals surface area contributed by atoms with Crippen LogP contribution in [-0.2, 0) is 22.9 Å². The summed E-state index contributed by atoms with van der Waals surface area (Å²) in [6, 6.07) is 5.61. The molecule has 1 aliphatic heterocycles. The highest BCUT2D eigenvalue weighted by molar-refractivity contribution is 7.89. The van der Waals surface area contributed by atoms with Crippen LogP contribution in [0.2, 0.25) is 0 Å². The van der Waals surface area contributed by atoms with Gasteiger partial charge in [0, 0.05) is 26.2 Å². The van der Waals surface area contributed by atoms with E-state index in [9.17, 15) is 13.2 Å². The van der Waals surface area contributed by atoms with Gasteiger partial charge in [0.15, 0.2) is 5.69 Å². The first-order chi connectivity index (χ1) is 14.4. The lowest BCUT2D eigenvalue weighted by Crippen LogP contribution is -2.49. The highest BCUT2D eigenvalue weighted by Gasteiger charge is 2.29. The number of aromatic carboxylic acids is 1. The number of carboxylic acids is 1. The molecule has 2 heterocycles. The molecule has 0 spiro atoms. The topological polar surface area (TPSA) is 104 Å². The Morgan fingerprint density at radius 2 is 1.60 bits per heavy atom. The number of anilines is 1. The van der Waals surface area contributed by atoms with Gasteiger partial charge in [-0.05, 0) is 48.9 Å². The molecule has 9 heteroatoms. The maximum absolute atomic E-state index is 13.2. The minimum Gasteiger partial charge on any atom is -0.476 e. The minimum atomic E-state index is -3.55. The van der Waals surface area contributed by atoms with Crippen LogP contribution in [0.15, 0.2) is 35.5 Å². The number of hydrogen-bond donors (Lipinski definition) is 1. The van der Waals surface area contributed by atoms with E-state index in [0.717, 1.165) is 25.7 Å². The smallest absolute Gasteiger partial charge is 0.356 e. The number of hydrogen-bond acceptors (Lipinski definition) is 6. The number of aryl methyl sites for hydroxylation is 2. The highest BCUT2D eigenvalue weighted by Crippen LogP contribution is 2.26. The molecule has 1 aromatic carbocycles. The maximum Gasteiger partial charge on any atom is 0.356 e. The average molecular weight is 431 g/mol. The zero-order valence-electron chi connectivity index (χ0n) is 16.8. The first-order valence-electron chi connectivity index (χ1n) is 10.4. The number of nitrogens with zero attached hydrogens (tertiary/aromatic N) is 4. The van der Waals surface area contributed by atoms with Crippen molar-refractivity contribution in [2.24, 2.45) is 0 Å². The summed E-state index contributed by atoms with van der Waals surface area (Å²) >= 11 is 0. The van der Waals surface area contributed by atoms with Crippen LogP contribution in [0.1, 0.15) is 47.3 Å². The van der Waals surface area contributed by atoms with Gasteiger partial charge in [-0.3, -0.25) is 0 Å². The predicted molar refractivity (Wildman–Crippen MR) is 112 cm³/mol. The Kier molecular flexibility index (Phi) is 6.01. The van der Waals surface area contributed by atoms with Gasteiger partial charge < -0.3 is 10.0 Å². The molecular weight excluding hydrogens is 404 g/mol. The SMILES string of the molecule is O=C(O)c1cnc(N2CCN(S(=O)(=O)c3ccc4c(c3)CCCCCC4)CC2)cn1. The third-order valence-electron chi connectivity index (χ3n) is 5.88. The molecule has 1 saturated heterocycles. The van der Waals surface area contributed by atoms with Gasteiger partial charge in [0.25, 0.3) is 0 Å². The molecule has 0 atom stereocenters. The number of fused-ring (bicyclic) bond motifs is 1. The predicted octanol–water partition coefficient (Wildman–Crippen LogP) is 2.34. The molecule has 160 valence electrons. The van der Waals surface area contributed by atoms with Crippen LogP contribution in [0, 0.1) is 0 Å². The van der Waals surface area contributed by atoms with Crippen molar-refractivity contribution >= 4 is 21.8 Å². The summed E-state index contributed by atoms with van der Waals surface area (Å²) < 4.78 is 27.9. The second-order valence-electron chi connectivity index (χ2n) is 7.80. The Labute approximate surface area is 176 Å². The lowest BCUT2D eigenvalue weighted by molar-refractivity contribution is 0.0690. The van der Waals surface area contributed by atoms with E-state index in [4.69, 9.17) is 5.11 Å². The van der Waals surface area contributed by atoms with Crippen molar-refractivity contribution in [1.82, 2.24) is 14.3 Å². The molecule has 0 unspecified atom stereocenters. The van der Waals surface area contributed by atoms with Gasteiger partial charge in [-0.1, -0.05) is 18.9 Å². The maximum atomic E-state index is 13.2. The van der Waals surface area contributed by atoms with E-state index in [1.165, 1.54) is 40.7 Å². The van der Waals surface area contributed by atoms with Crippen LogP contribution in [0.25, 0.3) is 0 Å². The molecule has 1 fully saturated rings. The summed E-state index contributed by atoms with van der Waals surface area (Å²) in [5.74, 6) is -0.570. The summed E-state index contributed by atoms with van der Waals surface area (Å²) in [6.45, 7) is 1.65. The van der Waals surface area contributed by atoms with E-state index >= 15 is 0 Å². The fraction of sp³-hybridized carbons (Fsp3) is 0.476. The molecule has 2 aliphatic rings. The van der Waals surface area contributed by atoms with Crippen LogP contribution in [0.3, 0.4) is 0 Å². The largest absolute Gasteiger partial charge is 0.476 e. The van der Waals surface area contributed by atoms with Crippen molar-refractivity contribution in [3.05, 3.63) is 47.4 Å². The van der Waals surface area contributed by atoms with Crippen molar-refractivity contribution in [3.63, 3.8) is 0 Å². The molecule has 1 N–H and O–H groups in total. The lowest BCUT2D eigenvalue weighted by Gasteiger charge is -2.34. The average Bonchev–Trinajstić information content (AvgIpc) is 2.74. The molecule has 30 heavy (non-hydrogen) atoms. The standard InChI is InChI=1S/C21H26N4O4S/c26-21(27)19-14-23-20(15-22-19)24-9-11-25(12-10-24)30(28,29)18-8-7-16-5-3-1-2-4-6-17(16)13-18/h7-8,13-15H,1-6,9-12H2,(H,26,27). The Morgan fingerprint density at radius 3 is 2.23 bits per heavy atom. The Hall–Kier alpha value is -2.52. The van der Waals surface area contributed by atoms with E-state index in [1.807, 2.05) is 17.0 Å². The highest BCUT2D eigenvalue weighted by atomic mass is 32.2. The third kappa shape index (κ3) is 4.32. The summed E-state index contributed by atoms with van der Waals surface area (Å²) in [7, 11) is -3.55. The van der Waals surface area contributed by atoms with Gasteiger partial charge in [-0.25, -0.2) is 23.2 Å². The first-order valence-corrected chi connectivity index (χ1v) is 11.8. The molecule has 0 radical (unpaired) electrons. The number of aromatic nitrogens is 2. The van der Waals surface area contributed by atoms with Crippen molar-refractivity contribution in [1.29, 1.82) is 0 Å². The normalized spacial score (nSPS) is 18.3. The van der Waals surface area contributed by atoms with E-state index in [2.05, 4.69) is 9.97 Å². The van der Waals surface area contributed by atoms with Crippen LogP contribution >= 0.6 is 0 Å². The van der Waals surface area contributed by atoms with Crippen LogP contribution < -0.4 is 4.90 Å². The summed E-state index contributed by atoms with van der Waals surface area (Å²) in [5.41, 5.74) is 2.34. The van der Waals surface area contributed by atoms with Gasteiger partial charge in [-0.15, -0.1) is 0 Å². The molecule has 8 nitrogen and oxygen atoms in total. The van der Waals surface area contributed by atoms with E-state index in [-0.39, 0.29) is 5.69 Å². The molecule has 4 rings (SSSR count). The van der Waals surface area contributed by atoms with Crippen molar-refractivity contribution in [2.75, 3.05) is 31.1 Å². The summed E-state index contributed by atoms with van der Waals surface area (Å²) in [6.07, 6.45) is 9.32. The van der Waals surface area contributed by atoms with Crippen LogP contribution in [0.4, 0.5) is 5.82 Å². The quantitative estimate of drug-likeness (QED) is 0.794. The number of carbonyl (C=O) groups is 1. The second kappa shape index (κ2) is 8.69. The van der Waals surface area contributed by atoms with Crippen molar-refractivity contribution in [3.8, 4) is 0 Å². The Bertz CT molecular complexity index is 1020. The summed E-state index contributed by atoms with van der Waals surface area (Å²) in [5, 5.41) is 8.93. The lowest BCUT2D eigenvalue weighted by atomic mass is 9.93. The van der Waals surface area contributed by atoms with Crippen molar-refractivity contribution < 1.29 is 18.3 Å². The zero-order valence-corrected chi connectivity index (χ0v) is 17.6. The first kappa shape index (κ1) is 20.7. The molecule has 0 amide bonds. The fourth-order valence-electron chi connectivity index (χ4n) is 4.13. The number of benzene rings is 1. The monoisotopic (exact) mass is 430 g/mol. The molecule has 2 aromatic rings. The zero-order chi connectivity index (χ0) is 21.1. The molecule has 1 aliphatic carbocycles. The van der Waals surface area contributed by atoms with E-state index in [1.54, 1.807) is 6.07 Å². The Balaban J connectivity index is 1.46. The van der Waals surface area contributed by atoms with Gasteiger partial charge in [0.05, 0.1) is 17.3 Å². The second-order valence-corrected chi connectivity index (χ2v) is 9.74. The number of carboxylic acid groups (broad SMARTS) is 1. The van der Waals surface area contributed by atoms with Gasteiger partial charge in [-0.2, -0.15) is 4.31 Å². The number of sulfonamides is 1. The van der Waals surface area contributed by atoms with Crippen molar-refractivity contribution in [2.45, 2.75) is 43.4 Å².